The van der Waals surface area contributed by atoms with Crippen LogP contribution in [0.5, 0.6) is 5.75 Å². The van der Waals surface area contributed by atoms with Crippen molar-refractivity contribution in [3.05, 3.63) is 28.8 Å². The Kier molecular flexibility index (Phi) is 3.53. The van der Waals surface area contributed by atoms with Crippen molar-refractivity contribution in [2.75, 3.05) is 13.7 Å². The van der Waals surface area contributed by atoms with Crippen molar-refractivity contribution < 1.29 is 9.84 Å². The molecule has 0 fully saturated rings. The lowest BCUT2D eigenvalue weighted by Crippen LogP contribution is -2.03. The first kappa shape index (κ1) is 11.1. The van der Waals surface area contributed by atoms with Crippen LogP contribution in [0, 0.1) is 13.8 Å². The lowest BCUT2D eigenvalue weighted by molar-refractivity contribution is 0.269. The fourth-order valence-electron chi connectivity index (χ4n) is 1.47. The molecule has 1 unspecified atom stereocenters. The molecule has 2 heteroatoms. The van der Waals surface area contributed by atoms with E-state index in [2.05, 4.69) is 19.9 Å². The Balaban J connectivity index is 3.19. The molecule has 1 atom stereocenters. The minimum absolute atomic E-state index is 0.129. The van der Waals surface area contributed by atoms with E-state index in [1.807, 2.05) is 13.0 Å². The zero-order valence-electron chi connectivity index (χ0n) is 9.29. The number of rotatable bonds is 3. The van der Waals surface area contributed by atoms with Gasteiger partial charge in [0.2, 0.25) is 0 Å². The maximum Gasteiger partial charge on any atom is 0.122 e. The van der Waals surface area contributed by atoms with Gasteiger partial charge in [-0.25, -0.2) is 0 Å². The molecule has 14 heavy (non-hydrogen) atoms. The first-order valence-corrected chi connectivity index (χ1v) is 4.86. The van der Waals surface area contributed by atoms with E-state index in [0.29, 0.717) is 0 Å². The summed E-state index contributed by atoms with van der Waals surface area (Å²) >= 11 is 0. The van der Waals surface area contributed by atoms with Gasteiger partial charge in [-0.3, -0.25) is 0 Å². The summed E-state index contributed by atoms with van der Waals surface area (Å²) in [4.78, 5) is 0. The summed E-state index contributed by atoms with van der Waals surface area (Å²) in [6.45, 7) is 6.28. The van der Waals surface area contributed by atoms with Gasteiger partial charge < -0.3 is 9.84 Å². The maximum atomic E-state index is 9.11. The van der Waals surface area contributed by atoms with Crippen molar-refractivity contribution in [1.29, 1.82) is 0 Å². The highest BCUT2D eigenvalue weighted by atomic mass is 16.5. The zero-order valence-corrected chi connectivity index (χ0v) is 9.29. The summed E-state index contributed by atoms with van der Waals surface area (Å²) in [6.07, 6.45) is 0. The van der Waals surface area contributed by atoms with E-state index >= 15 is 0 Å². The molecule has 0 bridgehead atoms. The number of aliphatic hydroxyl groups is 1. The summed E-state index contributed by atoms with van der Waals surface area (Å²) in [5.74, 6) is 0.999. The van der Waals surface area contributed by atoms with Crippen LogP contribution < -0.4 is 4.74 Å². The minimum atomic E-state index is 0.129. The number of hydrogen-bond donors (Lipinski definition) is 1. The predicted octanol–water partition coefficient (Wildman–Crippen LogP) is 2.41. The first-order valence-electron chi connectivity index (χ1n) is 4.86. The van der Waals surface area contributed by atoms with Crippen LogP contribution in [0.15, 0.2) is 12.1 Å². The van der Waals surface area contributed by atoms with Crippen LogP contribution >= 0.6 is 0 Å². The normalized spacial score (nSPS) is 12.6. The molecule has 0 aromatic heterocycles. The molecule has 0 aliphatic rings. The fraction of sp³-hybridized carbons (Fsp3) is 0.500. The summed E-state index contributed by atoms with van der Waals surface area (Å²) < 4.78 is 5.29. The average molecular weight is 194 g/mol. The molecular formula is C12H18O2. The van der Waals surface area contributed by atoms with Gasteiger partial charge in [-0.05, 0) is 36.6 Å². The summed E-state index contributed by atoms with van der Waals surface area (Å²) in [7, 11) is 1.66. The van der Waals surface area contributed by atoms with Gasteiger partial charge in [0.1, 0.15) is 5.75 Å². The van der Waals surface area contributed by atoms with Gasteiger partial charge in [-0.1, -0.05) is 13.0 Å². The number of aryl methyl sites for hydroxylation is 2. The van der Waals surface area contributed by atoms with Crippen LogP contribution in [0.1, 0.15) is 29.5 Å². The average Bonchev–Trinajstić information content (AvgIpc) is 2.20. The van der Waals surface area contributed by atoms with Crippen LogP contribution in [0.2, 0.25) is 0 Å². The van der Waals surface area contributed by atoms with E-state index in [-0.39, 0.29) is 12.5 Å². The molecule has 0 saturated heterocycles. The predicted molar refractivity (Wildman–Crippen MR) is 58.0 cm³/mol. The second-order valence-electron chi connectivity index (χ2n) is 3.76. The second kappa shape index (κ2) is 4.47. The van der Waals surface area contributed by atoms with E-state index in [1.165, 1.54) is 11.1 Å². The van der Waals surface area contributed by atoms with Crippen molar-refractivity contribution in [1.82, 2.24) is 0 Å². The minimum Gasteiger partial charge on any atom is -0.496 e. The third kappa shape index (κ3) is 2.07. The number of hydrogen-bond acceptors (Lipinski definition) is 2. The fourth-order valence-corrected chi connectivity index (χ4v) is 1.47. The molecule has 0 spiro atoms. The second-order valence-corrected chi connectivity index (χ2v) is 3.76. The Morgan fingerprint density at radius 1 is 1.29 bits per heavy atom. The Labute approximate surface area is 85.5 Å². The molecule has 0 amide bonds. The van der Waals surface area contributed by atoms with E-state index in [9.17, 15) is 0 Å². The van der Waals surface area contributed by atoms with E-state index in [0.717, 1.165) is 11.3 Å². The Morgan fingerprint density at radius 3 is 2.36 bits per heavy atom. The first-order chi connectivity index (χ1) is 6.60. The van der Waals surface area contributed by atoms with Crippen molar-refractivity contribution in [2.24, 2.45) is 0 Å². The van der Waals surface area contributed by atoms with Crippen LogP contribution in [0.25, 0.3) is 0 Å². The van der Waals surface area contributed by atoms with Crippen LogP contribution in [-0.2, 0) is 0 Å². The molecule has 0 aliphatic carbocycles. The van der Waals surface area contributed by atoms with Gasteiger partial charge in [-0.15, -0.1) is 0 Å². The molecule has 1 aromatic carbocycles. The van der Waals surface area contributed by atoms with Gasteiger partial charge in [0.05, 0.1) is 7.11 Å². The number of methoxy groups -OCH3 is 1. The monoisotopic (exact) mass is 194 g/mol. The maximum absolute atomic E-state index is 9.11. The topological polar surface area (TPSA) is 29.5 Å². The quantitative estimate of drug-likeness (QED) is 0.800. The number of benzene rings is 1. The molecule has 1 N–H and O–H groups in total. The molecule has 1 rings (SSSR count). The smallest absolute Gasteiger partial charge is 0.122 e. The molecular weight excluding hydrogens is 176 g/mol. The third-order valence-corrected chi connectivity index (χ3v) is 2.65. The van der Waals surface area contributed by atoms with E-state index < -0.39 is 0 Å². The van der Waals surface area contributed by atoms with Crippen LogP contribution in [0.3, 0.4) is 0 Å². The van der Waals surface area contributed by atoms with Gasteiger partial charge in [0, 0.05) is 12.5 Å². The van der Waals surface area contributed by atoms with Crippen molar-refractivity contribution in [2.45, 2.75) is 26.7 Å². The lowest BCUT2D eigenvalue weighted by atomic mass is 9.96. The lowest BCUT2D eigenvalue weighted by Gasteiger charge is -2.15. The van der Waals surface area contributed by atoms with Gasteiger partial charge in [-0.2, -0.15) is 0 Å². The summed E-state index contributed by atoms with van der Waals surface area (Å²) in [5.41, 5.74) is 3.54. The van der Waals surface area contributed by atoms with Gasteiger partial charge in [0.15, 0.2) is 0 Å². The van der Waals surface area contributed by atoms with E-state index in [1.54, 1.807) is 7.11 Å². The Morgan fingerprint density at radius 2 is 1.86 bits per heavy atom. The highest BCUT2D eigenvalue weighted by Gasteiger charge is 2.11. The summed E-state index contributed by atoms with van der Waals surface area (Å²) in [5, 5.41) is 9.11. The molecule has 2 nitrogen and oxygen atoms in total. The number of ether oxygens (including phenoxy) is 1. The Hall–Kier alpha value is -1.02. The molecule has 0 saturated carbocycles. The van der Waals surface area contributed by atoms with Crippen molar-refractivity contribution >= 4 is 0 Å². The van der Waals surface area contributed by atoms with Crippen molar-refractivity contribution in [3.8, 4) is 5.75 Å². The molecule has 0 aliphatic heterocycles. The number of aliphatic hydroxyl groups excluding tert-OH is 1. The SMILES string of the molecule is COc1cc(C)c(C)cc1C(C)CO. The van der Waals surface area contributed by atoms with E-state index in [4.69, 9.17) is 9.84 Å². The van der Waals surface area contributed by atoms with Crippen molar-refractivity contribution in [3.63, 3.8) is 0 Å². The molecule has 0 heterocycles. The highest BCUT2D eigenvalue weighted by Crippen LogP contribution is 2.29. The van der Waals surface area contributed by atoms with Crippen LogP contribution in [-0.4, -0.2) is 18.8 Å². The highest BCUT2D eigenvalue weighted by molar-refractivity contribution is 5.43. The molecule has 78 valence electrons. The molecule has 0 radical (unpaired) electrons. The van der Waals surface area contributed by atoms with Gasteiger partial charge >= 0.3 is 0 Å². The zero-order chi connectivity index (χ0) is 10.7. The third-order valence-electron chi connectivity index (χ3n) is 2.65. The standard InChI is InChI=1S/C12H18O2/c1-8-5-11(10(3)7-13)12(14-4)6-9(8)2/h5-6,10,13H,7H2,1-4H3. The largest absolute Gasteiger partial charge is 0.496 e. The van der Waals surface area contributed by atoms with Crippen LogP contribution in [0.4, 0.5) is 0 Å². The van der Waals surface area contributed by atoms with Gasteiger partial charge in [0.25, 0.3) is 0 Å². The molecule has 1 aromatic rings. The Bertz CT molecular complexity index is 318. The summed E-state index contributed by atoms with van der Waals surface area (Å²) in [6, 6.07) is 4.12.